The fraction of sp³-hybridized carbons (Fsp3) is 0. The van der Waals surface area contributed by atoms with E-state index in [1.807, 2.05) is 36.4 Å². The van der Waals surface area contributed by atoms with E-state index in [4.69, 9.17) is 14.4 Å². The van der Waals surface area contributed by atoms with Crippen molar-refractivity contribution in [3.8, 4) is 33.8 Å². The topological polar surface area (TPSA) is 38.9 Å². The first-order chi connectivity index (χ1) is 19.3. The molecule has 3 heteroatoms. The predicted octanol–water partition coefficient (Wildman–Crippen LogP) is 9.68. The van der Waals surface area contributed by atoms with Crippen LogP contribution in [0.4, 0.5) is 0 Å². The molecule has 0 aliphatic rings. The van der Waals surface area contributed by atoms with Gasteiger partial charge in [-0.2, -0.15) is 0 Å². The quantitative estimate of drug-likeness (QED) is 0.243. The Hall–Kier alpha value is -5.28. The van der Waals surface area contributed by atoms with Crippen molar-refractivity contribution in [1.82, 2.24) is 9.97 Å². The Kier molecular flexibility index (Phi) is 4.82. The van der Waals surface area contributed by atoms with Gasteiger partial charge in [0.15, 0.2) is 5.82 Å². The van der Waals surface area contributed by atoms with Crippen molar-refractivity contribution in [2.75, 3.05) is 0 Å². The van der Waals surface area contributed by atoms with Crippen molar-refractivity contribution in [1.29, 1.82) is 0 Å². The van der Waals surface area contributed by atoms with Crippen LogP contribution in [0.5, 0.6) is 0 Å². The minimum absolute atomic E-state index is 0.687. The molecule has 182 valence electrons. The van der Waals surface area contributed by atoms with Gasteiger partial charge in [0.2, 0.25) is 0 Å². The number of nitrogens with zero attached hydrogens (tertiary/aromatic N) is 2. The molecule has 3 nitrogen and oxygen atoms in total. The maximum Gasteiger partial charge on any atom is 0.160 e. The molecular weight excluding hydrogens is 476 g/mol. The van der Waals surface area contributed by atoms with Crippen molar-refractivity contribution in [3.05, 3.63) is 133 Å². The molecule has 0 fully saturated rings. The zero-order valence-corrected chi connectivity index (χ0v) is 21.0. The molecule has 39 heavy (non-hydrogen) atoms. The molecule has 0 unspecified atom stereocenters. The largest absolute Gasteiger partial charge is 0.456 e. The van der Waals surface area contributed by atoms with E-state index in [1.165, 1.54) is 16.3 Å². The second kappa shape index (κ2) is 8.64. The Morgan fingerprint density at radius 1 is 0.410 bits per heavy atom. The molecule has 0 spiro atoms. The summed E-state index contributed by atoms with van der Waals surface area (Å²) in [4.78, 5) is 9.95. The van der Waals surface area contributed by atoms with E-state index in [2.05, 4.69) is 97.1 Å². The highest BCUT2D eigenvalue weighted by Gasteiger charge is 2.14. The fourth-order valence-corrected chi connectivity index (χ4v) is 5.49. The summed E-state index contributed by atoms with van der Waals surface area (Å²) in [6, 6.07) is 46.2. The van der Waals surface area contributed by atoms with Gasteiger partial charge in [0, 0.05) is 27.3 Å². The number of benzene rings is 6. The van der Waals surface area contributed by atoms with E-state index in [0.717, 1.165) is 55.2 Å². The van der Waals surface area contributed by atoms with Crippen LogP contribution in [0, 0.1) is 0 Å². The lowest BCUT2D eigenvalue weighted by Crippen LogP contribution is -1.94. The van der Waals surface area contributed by atoms with E-state index in [1.54, 1.807) is 0 Å². The number of hydrogen-bond acceptors (Lipinski definition) is 3. The van der Waals surface area contributed by atoms with Gasteiger partial charge >= 0.3 is 0 Å². The van der Waals surface area contributed by atoms with Gasteiger partial charge < -0.3 is 4.42 Å². The first kappa shape index (κ1) is 21.8. The molecule has 0 atom stereocenters. The number of furan rings is 1. The molecule has 0 aliphatic heterocycles. The van der Waals surface area contributed by atoms with Crippen LogP contribution in [-0.2, 0) is 0 Å². The Bertz CT molecular complexity index is 2180. The van der Waals surface area contributed by atoms with Crippen LogP contribution >= 0.6 is 0 Å². The molecule has 0 aliphatic carbocycles. The Labute approximate surface area is 225 Å². The van der Waals surface area contributed by atoms with Crippen LogP contribution in [0.1, 0.15) is 0 Å². The van der Waals surface area contributed by atoms with E-state index >= 15 is 0 Å². The third kappa shape index (κ3) is 3.67. The highest BCUT2D eigenvalue weighted by atomic mass is 16.3. The number of para-hydroxylation sites is 1. The van der Waals surface area contributed by atoms with Gasteiger partial charge in [-0.15, -0.1) is 0 Å². The first-order valence-electron chi connectivity index (χ1n) is 13.1. The first-order valence-corrected chi connectivity index (χ1v) is 13.1. The second-order valence-electron chi connectivity index (χ2n) is 9.86. The average molecular weight is 499 g/mol. The van der Waals surface area contributed by atoms with Crippen LogP contribution in [0.2, 0.25) is 0 Å². The Morgan fingerprint density at radius 2 is 1.05 bits per heavy atom. The summed E-state index contributed by atoms with van der Waals surface area (Å²) in [5.74, 6) is 0.687. The van der Waals surface area contributed by atoms with Gasteiger partial charge in [0.1, 0.15) is 11.2 Å². The van der Waals surface area contributed by atoms with Gasteiger partial charge in [-0.3, -0.25) is 0 Å². The Balaban J connectivity index is 1.25. The van der Waals surface area contributed by atoms with Crippen LogP contribution in [-0.4, -0.2) is 9.97 Å². The number of fused-ring (bicyclic) bond motifs is 5. The maximum atomic E-state index is 6.41. The van der Waals surface area contributed by atoms with Crippen LogP contribution in [0.25, 0.3) is 77.4 Å². The number of aromatic nitrogens is 2. The lowest BCUT2D eigenvalue weighted by atomic mass is 10.00. The SMILES string of the molecule is c1ccc(-c2nc(-c3ccc4c(c3)oc3cc(-c5ccc6ccccc6c5)ccc34)nc3ccccc23)cc1. The maximum absolute atomic E-state index is 6.41. The third-order valence-electron chi connectivity index (χ3n) is 7.46. The van der Waals surface area contributed by atoms with Gasteiger partial charge in [-0.25, -0.2) is 9.97 Å². The highest BCUT2D eigenvalue weighted by Crippen LogP contribution is 2.36. The van der Waals surface area contributed by atoms with Crippen LogP contribution in [0.15, 0.2) is 138 Å². The molecule has 6 aromatic carbocycles. The smallest absolute Gasteiger partial charge is 0.160 e. The predicted molar refractivity (Wildman–Crippen MR) is 161 cm³/mol. The van der Waals surface area contributed by atoms with E-state index in [-0.39, 0.29) is 0 Å². The molecule has 0 saturated carbocycles. The lowest BCUT2D eigenvalue weighted by Gasteiger charge is -2.09. The Morgan fingerprint density at radius 3 is 1.90 bits per heavy atom. The fourth-order valence-electron chi connectivity index (χ4n) is 5.49. The molecule has 0 bridgehead atoms. The summed E-state index contributed by atoms with van der Waals surface area (Å²) in [5, 5.41) is 5.70. The summed E-state index contributed by atoms with van der Waals surface area (Å²) in [6.45, 7) is 0. The zero-order valence-electron chi connectivity index (χ0n) is 21.0. The van der Waals surface area contributed by atoms with Crippen molar-refractivity contribution in [2.24, 2.45) is 0 Å². The van der Waals surface area contributed by atoms with Gasteiger partial charge in [-0.05, 0) is 58.3 Å². The van der Waals surface area contributed by atoms with E-state index < -0.39 is 0 Å². The molecular formula is C36H22N2O. The standard InChI is InChI=1S/C36H22N2O/c1-2-9-24(10-3-1)35-31-12-6-7-13-32(31)37-36(38-35)28-17-19-30-29-18-16-27(21-33(29)39-34(30)22-28)26-15-14-23-8-4-5-11-25(23)20-26/h1-22H. The normalized spacial score (nSPS) is 11.6. The summed E-state index contributed by atoms with van der Waals surface area (Å²) in [6.07, 6.45) is 0. The molecule has 2 heterocycles. The molecule has 8 aromatic rings. The van der Waals surface area contributed by atoms with Crippen molar-refractivity contribution >= 4 is 43.6 Å². The summed E-state index contributed by atoms with van der Waals surface area (Å²) >= 11 is 0. The van der Waals surface area contributed by atoms with Gasteiger partial charge in [-0.1, -0.05) is 97.1 Å². The van der Waals surface area contributed by atoms with Gasteiger partial charge in [0.05, 0.1) is 11.2 Å². The van der Waals surface area contributed by atoms with E-state index in [9.17, 15) is 0 Å². The molecule has 2 aromatic heterocycles. The van der Waals surface area contributed by atoms with Crippen LogP contribution < -0.4 is 0 Å². The van der Waals surface area contributed by atoms with Crippen molar-refractivity contribution in [2.45, 2.75) is 0 Å². The monoisotopic (exact) mass is 498 g/mol. The summed E-state index contributed by atoms with van der Waals surface area (Å²) in [5.41, 5.74) is 7.87. The minimum atomic E-state index is 0.687. The average Bonchev–Trinajstić information content (AvgIpc) is 3.38. The van der Waals surface area contributed by atoms with E-state index in [0.29, 0.717) is 5.82 Å². The number of rotatable bonds is 3. The summed E-state index contributed by atoms with van der Waals surface area (Å²) in [7, 11) is 0. The third-order valence-corrected chi connectivity index (χ3v) is 7.46. The van der Waals surface area contributed by atoms with Crippen LogP contribution in [0.3, 0.4) is 0 Å². The molecule has 0 radical (unpaired) electrons. The molecule has 0 amide bonds. The lowest BCUT2D eigenvalue weighted by molar-refractivity contribution is 0.669. The molecule has 8 rings (SSSR count). The zero-order chi connectivity index (χ0) is 25.8. The molecule has 0 N–H and O–H groups in total. The van der Waals surface area contributed by atoms with Gasteiger partial charge in [0.25, 0.3) is 0 Å². The van der Waals surface area contributed by atoms with Crippen molar-refractivity contribution in [3.63, 3.8) is 0 Å². The second-order valence-corrected chi connectivity index (χ2v) is 9.86. The molecule has 0 saturated heterocycles. The highest BCUT2D eigenvalue weighted by molar-refractivity contribution is 6.07. The number of hydrogen-bond donors (Lipinski definition) is 0. The minimum Gasteiger partial charge on any atom is -0.456 e. The summed E-state index contributed by atoms with van der Waals surface area (Å²) < 4.78 is 6.41. The van der Waals surface area contributed by atoms with Crippen molar-refractivity contribution < 1.29 is 4.42 Å².